The number of hydrogen-bond donors (Lipinski definition) is 0. The Morgan fingerprint density at radius 3 is 2.48 bits per heavy atom. The second kappa shape index (κ2) is 7.78. The molecule has 10 heteroatoms. The molecule has 1 aromatic carbocycles. The predicted molar refractivity (Wildman–Crippen MR) is 100 cm³/mol. The molecule has 148 valence electrons. The SMILES string of the molecule is FSn1nc(C(F)F)c2cc(-c3cccnc3-c3cccc(C(F)F)n3)ccc21. The normalized spacial score (nSPS) is 11.7. The highest BCUT2D eigenvalue weighted by atomic mass is 32.2. The van der Waals surface area contributed by atoms with E-state index in [0.29, 0.717) is 16.8 Å². The molecule has 29 heavy (non-hydrogen) atoms. The minimum absolute atomic E-state index is 0.0896. The number of alkyl halides is 4. The van der Waals surface area contributed by atoms with Crippen molar-refractivity contribution < 1.29 is 21.4 Å². The van der Waals surface area contributed by atoms with Crippen LogP contribution in [0.15, 0.2) is 54.7 Å². The fourth-order valence-corrected chi connectivity index (χ4v) is 3.39. The van der Waals surface area contributed by atoms with Crippen LogP contribution in [0.3, 0.4) is 0 Å². The molecule has 0 saturated carbocycles. The predicted octanol–water partition coefficient (Wildman–Crippen LogP) is 6.42. The van der Waals surface area contributed by atoms with Crippen LogP contribution in [0.25, 0.3) is 33.4 Å². The van der Waals surface area contributed by atoms with Gasteiger partial charge in [0.05, 0.1) is 16.9 Å². The highest BCUT2D eigenvalue weighted by Crippen LogP contribution is 2.35. The number of aromatic nitrogens is 4. The molecule has 0 spiro atoms. The molecule has 0 atom stereocenters. The maximum Gasteiger partial charge on any atom is 0.282 e. The van der Waals surface area contributed by atoms with Crippen molar-refractivity contribution in [3.05, 3.63) is 66.1 Å². The summed E-state index contributed by atoms with van der Waals surface area (Å²) in [5.41, 5.74) is 0.804. The Kier molecular flexibility index (Phi) is 5.18. The van der Waals surface area contributed by atoms with Crippen LogP contribution in [0.1, 0.15) is 24.2 Å². The number of hydrogen-bond acceptors (Lipinski definition) is 4. The van der Waals surface area contributed by atoms with Crippen molar-refractivity contribution in [2.45, 2.75) is 12.9 Å². The van der Waals surface area contributed by atoms with Crippen molar-refractivity contribution in [3.63, 3.8) is 0 Å². The molecule has 4 rings (SSSR count). The Morgan fingerprint density at radius 2 is 1.76 bits per heavy atom. The minimum atomic E-state index is -2.89. The topological polar surface area (TPSA) is 43.6 Å². The Labute approximate surface area is 165 Å². The van der Waals surface area contributed by atoms with Crippen LogP contribution in [0, 0.1) is 0 Å². The van der Waals surface area contributed by atoms with E-state index in [1.54, 1.807) is 24.3 Å². The Hall–Kier alpha value is -3.01. The van der Waals surface area contributed by atoms with Crippen LogP contribution in [-0.2, 0) is 0 Å². The van der Waals surface area contributed by atoms with Crippen LogP contribution in [0.2, 0.25) is 0 Å². The molecule has 0 aliphatic carbocycles. The summed E-state index contributed by atoms with van der Waals surface area (Å²) in [4.78, 5) is 8.20. The standard InChI is InChI=1S/C19H11F5N4S/c20-18(21)14-5-1-4-13(26-14)16-11(3-2-8-25-16)10-6-7-15-12(9-10)17(19(22)23)27-28(15)29-24/h1-9,18-19H. The highest BCUT2D eigenvalue weighted by Gasteiger charge is 2.21. The van der Waals surface area contributed by atoms with E-state index in [9.17, 15) is 21.4 Å². The summed E-state index contributed by atoms with van der Waals surface area (Å²) in [5, 5.41) is 3.69. The molecule has 0 aliphatic heterocycles. The zero-order valence-electron chi connectivity index (χ0n) is 14.4. The van der Waals surface area contributed by atoms with Gasteiger partial charge in [0.15, 0.2) is 12.3 Å². The molecule has 0 fully saturated rings. The molecular formula is C19H11F5N4S. The van der Waals surface area contributed by atoms with E-state index >= 15 is 0 Å². The maximum atomic E-state index is 13.3. The zero-order valence-corrected chi connectivity index (χ0v) is 15.3. The van der Waals surface area contributed by atoms with E-state index in [2.05, 4.69) is 15.1 Å². The maximum absolute atomic E-state index is 13.3. The van der Waals surface area contributed by atoms with E-state index in [1.165, 1.54) is 30.5 Å². The van der Waals surface area contributed by atoms with E-state index in [0.717, 1.165) is 4.09 Å². The van der Waals surface area contributed by atoms with Gasteiger partial charge in [-0.1, -0.05) is 18.2 Å². The number of fused-ring (bicyclic) bond motifs is 1. The number of rotatable bonds is 5. The third kappa shape index (κ3) is 3.55. The molecule has 3 heterocycles. The van der Waals surface area contributed by atoms with Crippen LogP contribution >= 0.6 is 12.3 Å². The van der Waals surface area contributed by atoms with Crippen LogP contribution < -0.4 is 0 Å². The Balaban J connectivity index is 1.89. The summed E-state index contributed by atoms with van der Waals surface area (Å²) >= 11 is -0.279. The fraction of sp³-hybridized carbons (Fsp3) is 0.105. The van der Waals surface area contributed by atoms with Crippen molar-refractivity contribution in [1.82, 2.24) is 19.2 Å². The molecule has 0 amide bonds. The number of pyridine rings is 2. The molecule has 0 aliphatic rings. The monoisotopic (exact) mass is 422 g/mol. The lowest BCUT2D eigenvalue weighted by Crippen LogP contribution is -1.96. The van der Waals surface area contributed by atoms with Crippen molar-refractivity contribution in [2.75, 3.05) is 0 Å². The van der Waals surface area contributed by atoms with Gasteiger partial charge in [-0.3, -0.25) is 4.98 Å². The lowest BCUT2D eigenvalue weighted by molar-refractivity contribution is 0.146. The lowest BCUT2D eigenvalue weighted by atomic mass is 10.00. The zero-order chi connectivity index (χ0) is 20.5. The van der Waals surface area contributed by atoms with Crippen LogP contribution in [-0.4, -0.2) is 19.2 Å². The van der Waals surface area contributed by atoms with Crippen molar-refractivity contribution in [2.24, 2.45) is 0 Å². The summed E-state index contributed by atoms with van der Waals surface area (Å²) < 4.78 is 66.5. The number of halogens is 5. The average molecular weight is 422 g/mol. The van der Waals surface area contributed by atoms with Gasteiger partial charge in [-0.25, -0.2) is 22.5 Å². The second-order valence-corrected chi connectivity index (χ2v) is 6.49. The largest absolute Gasteiger partial charge is 0.282 e. The molecule has 4 nitrogen and oxygen atoms in total. The van der Waals surface area contributed by atoms with Gasteiger partial charge in [-0.15, -0.1) is 3.89 Å². The summed E-state index contributed by atoms with van der Waals surface area (Å²) in [5.74, 6) is 0. The second-order valence-electron chi connectivity index (χ2n) is 6.01. The lowest BCUT2D eigenvalue weighted by Gasteiger charge is -2.10. The van der Waals surface area contributed by atoms with Gasteiger partial charge >= 0.3 is 0 Å². The van der Waals surface area contributed by atoms with E-state index in [4.69, 9.17) is 0 Å². The van der Waals surface area contributed by atoms with Gasteiger partial charge in [0.1, 0.15) is 11.4 Å². The molecule has 3 aromatic heterocycles. The summed E-state index contributed by atoms with van der Waals surface area (Å²) in [6.07, 6.45) is -4.15. The van der Waals surface area contributed by atoms with Gasteiger partial charge in [-0.2, -0.15) is 9.19 Å². The molecule has 0 N–H and O–H groups in total. The van der Waals surface area contributed by atoms with Gasteiger partial charge < -0.3 is 0 Å². The summed E-state index contributed by atoms with van der Waals surface area (Å²) in [6.45, 7) is 0. The number of nitrogens with zero attached hydrogens (tertiary/aromatic N) is 4. The van der Waals surface area contributed by atoms with E-state index < -0.39 is 24.2 Å². The fourth-order valence-electron chi connectivity index (χ4n) is 3.04. The van der Waals surface area contributed by atoms with Crippen LogP contribution in [0.5, 0.6) is 0 Å². The van der Waals surface area contributed by atoms with E-state index in [1.807, 2.05) is 0 Å². The molecule has 0 radical (unpaired) electrons. The van der Waals surface area contributed by atoms with Crippen molar-refractivity contribution in [1.29, 1.82) is 0 Å². The molecule has 4 aromatic rings. The van der Waals surface area contributed by atoms with Crippen LogP contribution in [0.4, 0.5) is 21.4 Å². The first kappa shape index (κ1) is 19.3. The van der Waals surface area contributed by atoms with E-state index in [-0.39, 0.29) is 28.9 Å². The van der Waals surface area contributed by atoms with Gasteiger partial charge in [0, 0.05) is 17.1 Å². The first-order chi connectivity index (χ1) is 14.0. The third-order valence-corrected chi connectivity index (χ3v) is 4.71. The molecule has 0 bridgehead atoms. The minimum Gasteiger partial charge on any atom is -0.254 e. The van der Waals surface area contributed by atoms with Crippen molar-refractivity contribution >= 4 is 23.2 Å². The van der Waals surface area contributed by atoms with Gasteiger partial charge in [-0.05, 0) is 35.9 Å². The smallest absolute Gasteiger partial charge is 0.254 e. The molecule has 0 saturated heterocycles. The molecule has 0 unspecified atom stereocenters. The first-order valence-corrected chi connectivity index (χ1v) is 8.97. The quantitative estimate of drug-likeness (QED) is 0.348. The summed E-state index contributed by atoms with van der Waals surface area (Å²) in [7, 11) is 0. The van der Waals surface area contributed by atoms with Crippen molar-refractivity contribution in [3.8, 4) is 22.5 Å². The average Bonchev–Trinajstić information content (AvgIpc) is 3.12. The van der Waals surface area contributed by atoms with Gasteiger partial charge in [0.2, 0.25) is 0 Å². The van der Waals surface area contributed by atoms with Gasteiger partial charge in [0.25, 0.3) is 12.9 Å². The number of benzene rings is 1. The Bertz CT molecular complexity index is 1180. The highest BCUT2D eigenvalue weighted by molar-refractivity contribution is 7.92. The summed E-state index contributed by atoms with van der Waals surface area (Å²) in [6, 6.07) is 12.0. The first-order valence-electron chi connectivity index (χ1n) is 8.30. The third-order valence-electron chi connectivity index (χ3n) is 4.30. The Morgan fingerprint density at radius 1 is 0.931 bits per heavy atom. The molecular weight excluding hydrogens is 411 g/mol.